The number of nitro groups is 1. The van der Waals surface area contributed by atoms with Crippen LogP contribution in [0.25, 0.3) is 6.08 Å². The number of para-hydroxylation sites is 1. The van der Waals surface area contributed by atoms with Crippen molar-refractivity contribution in [2.45, 2.75) is 0 Å². The third-order valence-electron chi connectivity index (χ3n) is 4.72. The van der Waals surface area contributed by atoms with Crippen LogP contribution < -0.4 is 9.64 Å². The second-order valence-corrected chi connectivity index (χ2v) is 7.77. The minimum Gasteiger partial charge on any atom is -0.495 e. The van der Waals surface area contributed by atoms with Crippen molar-refractivity contribution >= 4 is 58.2 Å². The van der Waals surface area contributed by atoms with E-state index in [1.54, 1.807) is 35.2 Å². The van der Waals surface area contributed by atoms with Gasteiger partial charge in [0.25, 0.3) is 5.69 Å². The summed E-state index contributed by atoms with van der Waals surface area (Å²) < 4.78 is 5.27. The lowest BCUT2D eigenvalue weighted by Crippen LogP contribution is -2.48. The molecular weight excluding hydrogens is 453 g/mol. The molecule has 0 N–H and O–H groups in total. The van der Waals surface area contributed by atoms with E-state index in [0.717, 1.165) is 0 Å². The summed E-state index contributed by atoms with van der Waals surface area (Å²) in [6.45, 7) is 1.66. The Morgan fingerprint density at radius 2 is 1.83 bits per heavy atom. The molecule has 1 aliphatic rings. The smallest absolute Gasteiger partial charge is 0.294 e. The number of hydrogen-bond donors (Lipinski definition) is 0. The number of amides is 1. The van der Waals surface area contributed by atoms with E-state index >= 15 is 0 Å². The summed E-state index contributed by atoms with van der Waals surface area (Å²) in [4.78, 5) is 27.0. The number of ether oxygens (including phenoxy) is 1. The number of nitrogens with zero attached hydrogens (tertiary/aromatic N) is 3. The zero-order valence-corrected chi connectivity index (χ0v) is 18.2. The zero-order valence-electron chi connectivity index (χ0n) is 16.0. The number of nitro benzene ring substituents is 1. The minimum absolute atomic E-state index is 0.0490. The molecular formula is C20H18Cl3N3O4. The fraction of sp³-hybridized carbons (Fsp3) is 0.250. The van der Waals surface area contributed by atoms with Crippen LogP contribution in [0.4, 0.5) is 11.4 Å². The van der Waals surface area contributed by atoms with Crippen LogP contribution in [0.1, 0.15) is 5.56 Å². The van der Waals surface area contributed by atoms with Crippen molar-refractivity contribution in [3.05, 3.63) is 67.2 Å². The number of anilines is 1. The average molecular weight is 471 g/mol. The monoisotopic (exact) mass is 469 g/mol. The molecule has 0 bridgehead atoms. The van der Waals surface area contributed by atoms with E-state index in [2.05, 4.69) is 0 Å². The minimum atomic E-state index is -0.453. The molecule has 158 valence electrons. The van der Waals surface area contributed by atoms with E-state index in [1.807, 2.05) is 4.90 Å². The summed E-state index contributed by atoms with van der Waals surface area (Å²) in [5.41, 5.74) is 0.922. The van der Waals surface area contributed by atoms with E-state index in [0.29, 0.717) is 58.2 Å². The SMILES string of the molecule is COc1c(Cl)cc(Cl)cc1C=CC(=O)N1CCN(c2c(Cl)cccc2[N+](=O)[O-])CC1. The van der Waals surface area contributed by atoms with Crippen molar-refractivity contribution in [1.82, 2.24) is 4.90 Å². The first-order valence-corrected chi connectivity index (χ1v) is 10.1. The predicted octanol–water partition coefficient (Wildman–Crippen LogP) is 4.93. The molecule has 0 radical (unpaired) electrons. The lowest BCUT2D eigenvalue weighted by atomic mass is 10.1. The van der Waals surface area contributed by atoms with Crippen molar-refractivity contribution < 1.29 is 14.5 Å². The van der Waals surface area contributed by atoms with Crippen LogP contribution in [0, 0.1) is 10.1 Å². The third kappa shape index (κ3) is 4.80. The van der Waals surface area contributed by atoms with E-state index in [9.17, 15) is 14.9 Å². The number of piperazine rings is 1. The number of carbonyl (C=O) groups excluding carboxylic acids is 1. The van der Waals surface area contributed by atoms with Gasteiger partial charge < -0.3 is 14.5 Å². The first kappa shape index (κ1) is 22.2. The van der Waals surface area contributed by atoms with Crippen molar-refractivity contribution in [1.29, 1.82) is 0 Å². The van der Waals surface area contributed by atoms with Crippen LogP contribution in [0.15, 0.2) is 36.4 Å². The van der Waals surface area contributed by atoms with Gasteiger partial charge in [0.05, 0.1) is 22.1 Å². The molecule has 0 unspecified atom stereocenters. The first-order chi connectivity index (χ1) is 14.3. The highest BCUT2D eigenvalue weighted by Crippen LogP contribution is 2.36. The Morgan fingerprint density at radius 3 is 2.47 bits per heavy atom. The maximum atomic E-state index is 12.6. The van der Waals surface area contributed by atoms with Crippen molar-refractivity contribution in [2.24, 2.45) is 0 Å². The number of benzene rings is 2. The molecule has 0 spiro atoms. The summed E-state index contributed by atoms with van der Waals surface area (Å²) in [7, 11) is 1.49. The topological polar surface area (TPSA) is 75.9 Å². The van der Waals surface area contributed by atoms with Crippen LogP contribution in [0.2, 0.25) is 15.1 Å². The Hall–Kier alpha value is -2.48. The van der Waals surface area contributed by atoms with Crippen LogP contribution in [-0.2, 0) is 4.79 Å². The fourth-order valence-electron chi connectivity index (χ4n) is 3.30. The van der Waals surface area contributed by atoms with Gasteiger partial charge in [-0.1, -0.05) is 40.9 Å². The highest BCUT2D eigenvalue weighted by Gasteiger charge is 2.27. The average Bonchev–Trinajstić information content (AvgIpc) is 2.71. The van der Waals surface area contributed by atoms with E-state index in [-0.39, 0.29) is 11.6 Å². The fourth-order valence-corrected chi connectivity index (χ4v) is 4.18. The zero-order chi connectivity index (χ0) is 21.8. The third-order valence-corrected chi connectivity index (χ3v) is 5.52. The van der Waals surface area contributed by atoms with Crippen LogP contribution in [0.3, 0.4) is 0 Å². The number of carbonyl (C=O) groups is 1. The predicted molar refractivity (Wildman–Crippen MR) is 119 cm³/mol. The summed E-state index contributed by atoms with van der Waals surface area (Å²) in [6, 6.07) is 7.81. The molecule has 30 heavy (non-hydrogen) atoms. The Labute approximate surface area is 188 Å². The standard InChI is InChI=1S/C20H18Cl3N3O4/c1-30-20-13(11-14(21)12-16(20)23)5-6-18(27)24-7-9-25(10-8-24)19-15(22)3-2-4-17(19)26(28)29/h2-6,11-12H,7-10H2,1H3. The van der Waals surface area contributed by atoms with Crippen molar-refractivity contribution in [3.8, 4) is 5.75 Å². The van der Waals surface area contributed by atoms with Gasteiger partial charge in [-0.05, 0) is 24.3 Å². The molecule has 0 atom stereocenters. The number of hydrogen-bond acceptors (Lipinski definition) is 5. The van der Waals surface area contributed by atoms with E-state index in [4.69, 9.17) is 39.5 Å². The number of halogens is 3. The molecule has 0 saturated carbocycles. The molecule has 0 aromatic heterocycles. The molecule has 0 aliphatic carbocycles. The molecule has 1 amide bonds. The van der Waals surface area contributed by atoms with Gasteiger partial charge in [0.1, 0.15) is 11.4 Å². The highest BCUT2D eigenvalue weighted by atomic mass is 35.5. The molecule has 10 heteroatoms. The lowest BCUT2D eigenvalue weighted by Gasteiger charge is -2.35. The lowest BCUT2D eigenvalue weighted by molar-refractivity contribution is -0.384. The molecule has 3 rings (SSSR count). The summed E-state index contributed by atoms with van der Waals surface area (Å²) in [6.07, 6.45) is 3.03. The van der Waals surface area contributed by atoms with Crippen molar-refractivity contribution in [3.63, 3.8) is 0 Å². The quantitative estimate of drug-likeness (QED) is 0.352. The van der Waals surface area contributed by atoms with Gasteiger partial charge in [-0.3, -0.25) is 14.9 Å². The molecule has 2 aromatic carbocycles. The van der Waals surface area contributed by atoms with Gasteiger partial charge >= 0.3 is 0 Å². The number of methoxy groups -OCH3 is 1. The molecule has 7 nitrogen and oxygen atoms in total. The maximum Gasteiger partial charge on any atom is 0.294 e. The van der Waals surface area contributed by atoms with Crippen LogP contribution >= 0.6 is 34.8 Å². The number of rotatable bonds is 5. The molecule has 2 aromatic rings. The Morgan fingerprint density at radius 1 is 1.13 bits per heavy atom. The Kier molecular flexibility index (Phi) is 7.07. The molecule has 1 fully saturated rings. The second-order valence-electron chi connectivity index (χ2n) is 6.52. The van der Waals surface area contributed by atoms with Gasteiger partial charge in [-0.25, -0.2) is 0 Å². The van der Waals surface area contributed by atoms with Crippen molar-refractivity contribution in [2.75, 3.05) is 38.2 Å². The maximum absolute atomic E-state index is 12.6. The van der Waals surface area contributed by atoms with E-state index < -0.39 is 4.92 Å². The Bertz CT molecular complexity index is 1010. The van der Waals surface area contributed by atoms with Crippen LogP contribution in [0.5, 0.6) is 5.75 Å². The summed E-state index contributed by atoms with van der Waals surface area (Å²) in [5.74, 6) is 0.238. The Balaban J connectivity index is 1.70. The van der Waals surface area contributed by atoms with E-state index in [1.165, 1.54) is 19.3 Å². The van der Waals surface area contributed by atoms with Gasteiger partial charge in [0.2, 0.25) is 5.91 Å². The molecule has 1 aliphatic heterocycles. The van der Waals surface area contributed by atoms with Gasteiger partial charge in [-0.15, -0.1) is 0 Å². The molecule has 1 heterocycles. The molecule has 1 saturated heterocycles. The van der Waals surface area contributed by atoms with Gasteiger partial charge in [0, 0.05) is 48.9 Å². The van der Waals surface area contributed by atoms with Gasteiger partial charge in [0.15, 0.2) is 0 Å². The highest BCUT2D eigenvalue weighted by molar-refractivity contribution is 6.36. The largest absolute Gasteiger partial charge is 0.495 e. The normalized spacial score (nSPS) is 14.3. The summed E-state index contributed by atoms with van der Waals surface area (Å²) in [5, 5.41) is 12.4. The summed E-state index contributed by atoms with van der Waals surface area (Å²) >= 11 is 18.4. The van der Waals surface area contributed by atoms with Crippen LogP contribution in [-0.4, -0.2) is 49.0 Å². The first-order valence-electron chi connectivity index (χ1n) is 8.99. The van der Waals surface area contributed by atoms with Gasteiger partial charge in [-0.2, -0.15) is 0 Å². The second kappa shape index (κ2) is 9.55.